The predicted molar refractivity (Wildman–Crippen MR) is 60.7 cm³/mol. The van der Waals surface area contributed by atoms with Crippen molar-refractivity contribution in [2.45, 2.75) is 13.3 Å². The minimum absolute atomic E-state index is 0.0114. The quantitative estimate of drug-likeness (QED) is 0.570. The third-order valence-corrected chi connectivity index (χ3v) is 4.37. The van der Waals surface area contributed by atoms with E-state index in [1.807, 2.05) is 6.92 Å². The molecule has 1 heterocycles. The zero-order valence-corrected chi connectivity index (χ0v) is 9.87. The number of nitrogens with zero attached hydrogens (tertiary/aromatic N) is 1. The first-order valence-corrected chi connectivity index (χ1v) is 6.28. The van der Waals surface area contributed by atoms with E-state index >= 15 is 0 Å². The number of aliphatic hydroxyl groups is 1. The van der Waals surface area contributed by atoms with Gasteiger partial charge in [-0.3, -0.25) is 14.5 Å². The maximum atomic E-state index is 12.2. The highest BCUT2D eigenvalue weighted by atomic mass is 16.3. The average molecular weight is 235 g/mol. The van der Waals surface area contributed by atoms with Crippen LogP contribution in [0.15, 0.2) is 12.2 Å². The normalized spacial score (nSPS) is 40.2. The van der Waals surface area contributed by atoms with E-state index in [0.29, 0.717) is 6.54 Å². The van der Waals surface area contributed by atoms with Gasteiger partial charge in [-0.2, -0.15) is 0 Å². The van der Waals surface area contributed by atoms with Gasteiger partial charge in [0.05, 0.1) is 11.8 Å². The van der Waals surface area contributed by atoms with Crippen molar-refractivity contribution < 1.29 is 14.7 Å². The molecule has 92 valence electrons. The smallest absolute Gasteiger partial charge is 0.233 e. The Hall–Kier alpha value is -1.16. The summed E-state index contributed by atoms with van der Waals surface area (Å²) in [6, 6.07) is 0. The van der Waals surface area contributed by atoms with Gasteiger partial charge < -0.3 is 5.11 Å². The largest absolute Gasteiger partial charge is 0.396 e. The molecule has 2 bridgehead atoms. The summed E-state index contributed by atoms with van der Waals surface area (Å²) in [5.41, 5.74) is 0. The van der Waals surface area contributed by atoms with Gasteiger partial charge in [-0.05, 0) is 24.2 Å². The lowest BCUT2D eigenvalue weighted by atomic mass is 9.85. The summed E-state index contributed by atoms with van der Waals surface area (Å²) in [6.07, 6.45) is 5.15. The molecule has 4 nitrogen and oxygen atoms in total. The van der Waals surface area contributed by atoms with E-state index in [2.05, 4.69) is 12.2 Å². The Morgan fingerprint density at radius 2 is 1.82 bits per heavy atom. The zero-order chi connectivity index (χ0) is 12.2. The molecule has 0 aromatic rings. The number of carbonyl (C=O) groups excluding carboxylic acids is 2. The highest BCUT2D eigenvalue weighted by Crippen LogP contribution is 2.52. The molecule has 3 rings (SSSR count). The minimum Gasteiger partial charge on any atom is -0.396 e. The van der Waals surface area contributed by atoms with Gasteiger partial charge in [-0.15, -0.1) is 0 Å². The van der Waals surface area contributed by atoms with Crippen LogP contribution in [0.2, 0.25) is 0 Å². The van der Waals surface area contributed by atoms with Gasteiger partial charge >= 0.3 is 0 Å². The molecule has 1 saturated heterocycles. The monoisotopic (exact) mass is 235 g/mol. The molecular formula is C13H17NO3. The molecule has 0 aromatic carbocycles. The van der Waals surface area contributed by atoms with Crippen molar-refractivity contribution in [1.82, 2.24) is 4.90 Å². The van der Waals surface area contributed by atoms with Gasteiger partial charge in [0.15, 0.2) is 0 Å². The van der Waals surface area contributed by atoms with Crippen LogP contribution in [0.25, 0.3) is 0 Å². The molecular weight excluding hydrogens is 218 g/mol. The number of hydrogen-bond donors (Lipinski definition) is 1. The number of carbonyl (C=O) groups is 2. The van der Waals surface area contributed by atoms with Crippen molar-refractivity contribution in [2.75, 3.05) is 13.2 Å². The molecule has 2 amide bonds. The third kappa shape index (κ3) is 1.40. The Morgan fingerprint density at radius 3 is 2.29 bits per heavy atom. The van der Waals surface area contributed by atoms with Crippen LogP contribution in [-0.4, -0.2) is 35.0 Å². The lowest BCUT2D eigenvalue weighted by Crippen LogP contribution is -2.37. The average Bonchev–Trinajstić information content (AvgIpc) is 2.98. The molecule has 1 aliphatic heterocycles. The summed E-state index contributed by atoms with van der Waals surface area (Å²) < 4.78 is 0. The zero-order valence-electron chi connectivity index (χ0n) is 9.87. The first-order chi connectivity index (χ1) is 8.13. The number of hydrogen-bond acceptors (Lipinski definition) is 3. The van der Waals surface area contributed by atoms with Crippen molar-refractivity contribution in [1.29, 1.82) is 0 Å². The van der Waals surface area contributed by atoms with E-state index < -0.39 is 0 Å². The van der Waals surface area contributed by atoms with E-state index in [0.717, 1.165) is 6.42 Å². The first kappa shape index (κ1) is 11.0. The van der Waals surface area contributed by atoms with Crippen LogP contribution in [0.5, 0.6) is 0 Å². The summed E-state index contributed by atoms with van der Waals surface area (Å²) in [6.45, 7) is 2.22. The van der Waals surface area contributed by atoms with Crippen molar-refractivity contribution >= 4 is 11.8 Å². The fourth-order valence-electron chi connectivity index (χ4n) is 3.51. The SMILES string of the molecule is CC(CO)CN1C(=O)C2C3C=CC(C3)C2C1=O. The van der Waals surface area contributed by atoms with E-state index in [-0.39, 0.29) is 48.0 Å². The second kappa shape index (κ2) is 3.67. The van der Waals surface area contributed by atoms with Crippen LogP contribution in [0.1, 0.15) is 13.3 Å². The Morgan fingerprint density at radius 1 is 1.29 bits per heavy atom. The molecule has 5 unspecified atom stereocenters. The van der Waals surface area contributed by atoms with Gasteiger partial charge in [-0.25, -0.2) is 0 Å². The van der Waals surface area contributed by atoms with Crippen molar-refractivity contribution in [3.63, 3.8) is 0 Å². The number of allylic oxidation sites excluding steroid dienone is 2. The number of fused-ring (bicyclic) bond motifs is 5. The molecule has 2 aliphatic carbocycles. The number of imide groups is 1. The molecule has 0 spiro atoms. The maximum absolute atomic E-state index is 12.2. The summed E-state index contributed by atoms with van der Waals surface area (Å²) in [7, 11) is 0. The topological polar surface area (TPSA) is 57.6 Å². The highest BCUT2D eigenvalue weighted by Gasteiger charge is 2.59. The fraction of sp³-hybridized carbons (Fsp3) is 0.692. The summed E-state index contributed by atoms with van der Waals surface area (Å²) in [4.78, 5) is 25.8. The first-order valence-electron chi connectivity index (χ1n) is 6.28. The number of rotatable bonds is 3. The minimum atomic E-state index is -0.108. The summed E-state index contributed by atoms with van der Waals surface area (Å²) in [5, 5.41) is 9.03. The third-order valence-electron chi connectivity index (χ3n) is 4.37. The second-order valence-electron chi connectivity index (χ2n) is 5.57. The Kier molecular flexibility index (Phi) is 2.36. The van der Waals surface area contributed by atoms with Crippen molar-refractivity contribution in [2.24, 2.45) is 29.6 Å². The Labute approximate surface area is 100 Å². The van der Waals surface area contributed by atoms with Crippen LogP contribution in [0, 0.1) is 29.6 Å². The molecule has 0 radical (unpaired) electrons. The van der Waals surface area contributed by atoms with Crippen molar-refractivity contribution in [3.8, 4) is 0 Å². The number of aliphatic hydroxyl groups excluding tert-OH is 1. The Balaban J connectivity index is 1.83. The molecule has 4 heteroatoms. The van der Waals surface area contributed by atoms with Gasteiger partial charge in [0.25, 0.3) is 0 Å². The van der Waals surface area contributed by atoms with Crippen LogP contribution in [0.4, 0.5) is 0 Å². The molecule has 1 saturated carbocycles. The molecule has 3 aliphatic rings. The molecule has 2 fully saturated rings. The Bertz CT molecular complexity index is 373. The standard InChI is InChI=1S/C13H17NO3/c1-7(6-15)5-14-12(16)10-8-2-3-9(4-8)11(10)13(14)17/h2-3,7-11,15H,4-6H2,1H3. The van der Waals surface area contributed by atoms with E-state index in [1.165, 1.54) is 4.90 Å². The van der Waals surface area contributed by atoms with Gasteiger partial charge in [-0.1, -0.05) is 19.1 Å². The van der Waals surface area contributed by atoms with Crippen LogP contribution < -0.4 is 0 Å². The lowest BCUT2D eigenvalue weighted by Gasteiger charge is -2.20. The number of likely N-dealkylation sites (tertiary alicyclic amines) is 1. The van der Waals surface area contributed by atoms with E-state index in [1.54, 1.807) is 0 Å². The fourth-order valence-corrected chi connectivity index (χ4v) is 3.51. The molecule has 0 aromatic heterocycles. The molecule has 1 N–H and O–H groups in total. The van der Waals surface area contributed by atoms with Crippen LogP contribution in [-0.2, 0) is 9.59 Å². The van der Waals surface area contributed by atoms with Gasteiger partial charge in [0.1, 0.15) is 0 Å². The maximum Gasteiger partial charge on any atom is 0.233 e. The highest BCUT2D eigenvalue weighted by molar-refractivity contribution is 6.06. The van der Waals surface area contributed by atoms with E-state index in [9.17, 15) is 9.59 Å². The van der Waals surface area contributed by atoms with E-state index in [4.69, 9.17) is 5.11 Å². The number of amides is 2. The summed E-state index contributed by atoms with van der Waals surface area (Å²) in [5.74, 6) is 0.264. The van der Waals surface area contributed by atoms with Gasteiger partial charge in [0.2, 0.25) is 11.8 Å². The lowest BCUT2D eigenvalue weighted by molar-refractivity contribution is -0.141. The second-order valence-corrected chi connectivity index (χ2v) is 5.57. The molecule has 17 heavy (non-hydrogen) atoms. The molecule has 5 atom stereocenters. The van der Waals surface area contributed by atoms with Crippen molar-refractivity contribution in [3.05, 3.63) is 12.2 Å². The van der Waals surface area contributed by atoms with Gasteiger partial charge in [0, 0.05) is 13.2 Å². The predicted octanol–water partition coefficient (Wildman–Crippen LogP) is 0.422. The summed E-state index contributed by atoms with van der Waals surface area (Å²) >= 11 is 0. The van der Waals surface area contributed by atoms with Crippen LogP contribution in [0.3, 0.4) is 0 Å². The van der Waals surface area contributed by atoms with Crippen LogP contribution >= 0.6 is 0 Å².